The Morgan fingerprint density at radius 3 is 2.76 bits per heavy atom. The van der Waals surface area contributed by atoms with E-state index in [4.69, 9.17) is 4.74 Å². The van der Waals surface area contributed by atoms with Crippen molar-refractivity contribution in [2.45, 2.75) is 26.4 Å². The highest BCUT2D eigenvalue weighted by molar-refractivity contribution is 5.48. The van der Waals surface area contributed by atoms with E-state index in [2.05, 4.69) is 5.32 Å². The highest BCUT2D eigenvalue weighted by Crippen LogP contribution is 2.28. The molecule has 0 aliphatic rings. The first-order valence-electron chi connectivity index (χ1n) is 5.67. The standard InChI is InChI=1S/C12H18N2O3/c1-4-10-5-6-12(11(7-10)14(15)16)17-9(2)8-13-3/h5-7,9,13H,4,8H2,1-3H3. The molecule has 1 unspecified atom stereocenters. The molecule has 1 rings (SSSR count). The molecule has 5 nitrogen and oxygen atoms in total. The predicted molar refractivity (Wildman–Crippen MR) is 66.5 cm³/mol. The molecule has 0 saturated heterocycles. The number of nitrogens with zero attached hydrogens (tertiary/aromatic N) is 1. The van der Waals surface area contributed by atoms with Crippen LogP contribution in [0, 0.1) is 10.1 Å². The Morgan fingerprint density at radius 1 is 1.53 bits per heavy atom. The molecule has 0 fully saturated rings. The smallest absolute Gasteiger partial charge is 0.311 e. The van der Waals surface area contributed by atoms with Crippen LogP contribution in [0.2, 0.25) is 0 Å². The molecule has 1 atom stereocenters. The summed E-state index contributed by atoms with van der Waals surface area (Å²) in [6.45, 7) is 4.48. The van der Waals surface area contributed by atoms with Gasteiger partial charge in [0.25, 0.3) is 0 Å². The lowest BCUT2D eigenvalue weighted by molar-refractivity contribution is -0.386. The highest BCUT2D eigenvalue weighted by Gasteiger charge is 2.17. The SMILES string of the molecule is CCc1ccc(OC(C)CNC)c([N+](=O)[O-])c1. The van der Waals surface area contributed by atoms with Gasteiger partial charge in [0.15, 0.2) is 5.75 Å². The average Bonchev–Trinajstić information content (AvgIpc) is 2.29. The van der Waals surface area contributed by atoms with Gasteiger partial charge < -0.3 is 10.1 Å². The van der Waals surface area contributed by atoms with Crippen LogP contribution < -0.4 is 10.1 Å². The molecule has 1 aromatic rings. The number of nitro groups is 1. The van der Waals surface area contributed by atoms with Crippen LogP contribution in [0.15, 0.2) is 18.2 Å². The monoisotopic (exact) mass is 238 g/mol. The van der Waals surface area contributed by atoms with Crippen molar-refractivity contribution in [2.75, 3.05) is 13.6 Å². The first-order chi connectivity index (χ1) is 8.08. The molecule has 0 radical (unpaired) electrons. The van der Waals surface area contributed by atoms with Gasteiger partial charge in [0.2, 0.25) is 0 Å². The van der Waals surface area contributed by atoms with Crippen LogP contribution in [-0.2, 0) is 6.42 Å². The molecule has 0 amide bonds. The van der Waals surface area contributed by atoms with Crippen LogP contribution in [0.25, 0.3) is 0 Å². The third-order valence-electron chi connectivity index (χ3n) is 2.45. The molecule has 0 bridgehead atoms. The Hall–Kier alpha value is -1.62. The van der Waals surface area contributed by atoms with Crippen molar-refractivity contribution < 1.29 is 9.66 Å². The van der Waals surface area contributed by atoms with Gasteiger partial charge in [-0.1, -0.05) is 13.0 Å². The molecular formula is C12H18N2O3. The third-order valence-corrected chi connectivity index (χ3v) is 2.45. The van der Waals surface area contributed by atoms with Gasteiger partial charge in [-0.25, -0.2) is 0 Å². The minimum atomic E-state index is -0.402. The number of rotatable bonds is 6. The lowest BCUT2D eigenvalue weighted by Crippen LogP contribution is -2.26. The summed E-state index contributed by atoms with van der Waals surface area (Å²) < 4.78 is 5.54. The molecule has 5 heteroatoms. The highest BCUT2D eigenvalue weighted by atomic mass is 16.6. The van der Waals surface area contributed by atoms with Gasteiger partial charge in [-0.3, -0.25) is 10.1 Å². The van der Waals surface area contributed by atoms with Crippen molar-refractivity contribution in [1.29, 1.82) is 0 Å². The fraction of sp³-hybridized carbons (Fsp3) is 0.500. The van der Waals surface area contributed by atoms with E-state index in [1.807, 2.05) is 27.0 Å². The summed E-state index contributed by atoms with van der Waals surface area (Å²) in [4.78, 5) is 10.5. The van der Waals surface area contributed by atoms with Crippen LogP contribution in [0.4, 0.5) is 5.69 Å². The van der Waals surface area contributed by atoms with Crippen molar-refractivity contribution in [3.05, 3.63) is 33.9 Å². The van der Waals surface area contributed by atoms with Gasteiger partial charge in [0.1, 0.15) is 6.10 Å². The molecule has 0 heterocycles. The first kappa shape index (κ1) is 13.4. The van der Waals surface area contributed by atoms with Gasteiger partial charge in [-0.05, 0) is 32.0 Å². The number of nitro benzene ring substituents is 1. The number of nitrogens with one attached hydrogen (secondary N) is 1. The van der Waals surface area contributed by atoms with Crippen LogP contribution in [0.3, 0.4) is 0 Å². The Kier molecular flexibility index (Phi) is 4.90. The van der Waals surface area contributed by atoms with E-state index in [-0.39, 0.29) is 11.8 Å². The van der Waals surface area contributed by atoms with Crippen LogP contribution >= 0.6 is 0 Å². The predicted octanol–water partition coefficient (Wildman–Crippen LogP) is 2.14. The topological polar surface area (TPSA) is 64.4 Å². The molecule has 1 aromatic carbocycles. The zero-order valence-corrected chi connectivity index (χ0v) is 10.4. The fourth-order valence-corrected chi connectivity index (χ4v) is 1.57. The van der Waals surface area contributed by atoms with E-state index >= 15 is 0 Å². The van der Waals surface area contributed by atoms with E-state index in [0.29, 0.717) is 12.3 Å². The normalized spacial score (nSPS) is 12.2. The number of aryl methyl sites for hydroxylation is 1. The van der Waals surface area contributed by atoms with E-state index in [1.165, 1.54) is 0 Å². The zero-order valence-electron chi connectivity index (χ0n) is 10.4. The quantitative estimate of drug-likeness (QED) is 0.609. The third kappa shape index (κ3) is 3.71. The summed E-state index contributed by atoms with van der Waals surface area (Å²) in [7, 11) is 1.81. The van der Waals surface area contributed by atoms with E-state index in [9.17, 15) is 10.1 Å². The van der Waals surface area contributed by atoms with Crippen molar-refractivity contribution in [2.24, 2.45) is 0 Å². The largest absolute Gasteiger partial charge is 0.482 e. The molecule has 0 spiro atoms. The number of likely N-dealkylation sites (N-methyl/N-ethyl adjacent to an activating group) is 1. The second-order valence-electron chi connectivity index (χ2n) is 3.90. The van der Waals surface area contributed by atoms with Gasteiger partial charge >= 0.3 is 5.69 Å². The number of hydrogen-bond donors (Lipinski definition) is 1. The summed E-state index contributed by atoms with van der Waals surface area (Å²) in [5.74, 6) is 0.329. The van der Waals surface area contributed by atoms with Crippen LogP contribution in [0.5, 0.6) is 5.75 Å². The second kappa shape index (κ2) is 6.20. The zero-order chi connectivity index (χ0) is 12.8. The van der Waals surface area contributed by atoms with Gasteiger partial charge in [0.05, 0.1) is 4.92 Å². The van der Waals surface area contributed by atoms with Gasteiger partial charge in [-0.2, -0.15) is 0 Å². The summed E-state index contributed by atoms with van der Waals surface area (Å²) >= 11 is 0. The Morgan fingerprint density at radius 2 is 2.24 bits per heavy atom. The molecule has 0 aromatic heterocycles. The maximum Gasteiger partial charge on any atom is 0.311 e. The van der Waals surface area contributed by atoms with Crippen molar-refractivity contribution in [3.63, 3.8) is 0 Å². The van der Waals surface area contributed by atoms with Crippen molar-refractivity contribution in [1.82, 2.24) is 5.32 Å². The maximum atomic E-state index is 10.9. The van der Waals surface area contributed by atoms with Crippen molar-refractivity contribution in [3.8, 4) is 5.75 Å². The second-order valence-corrected chi connectivity index (χ2v) is 3.90. The van der Waals surface area contributed by atoms with Crippen molar-refractivity contribution >= 4 is 5.69 Å². The average molecular weight is 238 g/mol. The minimum absolute atomic E-state index is 0.0345. The molecular weight excluding hydrogens is 220 g/mol. The minimum Gasteiger partial charge on any atom is -0.482 e. The van der Waals surface area contributed by atoms with E-state index in [0.717, 1.165) is 12.0 Å². The van der Waals surface area contributed by atoms with Crippen LogP contribution in [-0.4, -0.2) is 24.6 Å². The number of benzene rings is 1. The van der Waals surface area contributed by atoms with E-state index in [1.54, 1.807) is 12.1 Å². The van der Waals surface area contributed by atoms with E-state index < -0.39 is 4.92 Å². The maximum absolute atomic E-state index is 10.9. The molecule has 17 heavy (non-hydrogen) atoms. The molecule has 0 aliphatic heterocycles. The lowest BCUT2D eigenvalue weighted by Gasteiger charge is -2.14. The molecule has 0 saturated carbocycles. The van der Waals surface area contributed by atoms with Gasteiger partial charge in [0, 0.05) is 12.6 Å². The molecule has 1 N–H and O–H groups in total. The number of hydrogen-bond acceptors (Lipinski definition) is 4. The Bertz CT molecular complexity index is 393. The fourth-order valence-electron chi connectivity index (χ4n) is 1.57. The van der Waals surface area contributed by atoms with Gasteiger partial charge in [-0.15, -0.1) is 0 Å². The summed E-state index contributed by atoms with van der Waals surface area (Å²) in [6.07, 6.45) is 0.666. The first-order valence-corrected chi connectivity index (χ1v) is 5.67. The Labute approximate surface area is 101 Å². The van der Waals surface area contributed by atoms with Crippen LogP contribution in [0.1, 0.15) is 19.4 Å². The summed E-state index contributed by atoms with van der Waals surface area (Å²) in [5, 5.41) is 13.9. The Balaban J connectivity index is 2.94. The molecule has 0 aliphatic carbocycles. The number of ether oxygens (including phenoxy) is 1. The lowest BCUT2D eigenvalue weighted by atomic mass is 10.1. The summed E-state index contributed by atoms with van der Waals surface area (Å²) in [5.41, 5.74) is 0.970. The summed E-state index contributed by atoms with van der Waals surface area (Å²) in [6, 6.07) is 5.10. The molecule has 94 valence electrons.